The Balaban J connectivity index is 0.000000414. The van der Waals surface area contributed by atoms with Gasteiger partial charge in [-0.3, -0.25) is 4.90 Å². The van der Waals surface area contributed by atoms with Crippen molar-refractivity contribution in [2.75, 3.05) is 44.7 Å². The summed E-state index contributed by atoms with van der Waals surface area (Å²) >= 11 is 5.97. The molecule has 2 heterocycles. The van der Waals surface area contributed by atoms with Crippen molar-refractivity contribution in [2.24, 2.45) is 5.16 Å². The van der Waals surface area contributed by atoms with Gasteiger partial charge >= 0.3 is 11.9 Å². The Bertz CT molecular complexity index is 927. The van der Waals surface area contributed by atoms with E-state index in [1.165, 1.54) is 0 Å². The first-order valence-corrected chi connectivity index (χ1v) is 10.6. The monoisotopic (exact) mass is 474 g/mol. The molecule has 0 amide bonds. The van der Waals surface area contributed by atoms with Crippen molar-refractivity contribution >= 4 is 35.1 Å². The lowest BCUT2D eigenvalue weighted by Crippen LogP contribution is -2.47. The van der Waals surface area contributed by atoms with Crippen LogP contribution in [-0.4, -0.2) is 77.6 Å². The minimum Gasteiger partial charge on any atom is -0.478 e. The molecular weight excluding hydrogens is 448 g/mol. The number of pyridine rings is 1. The molecule has 1 fully saturated rings. The maximum atomic E-state index is 9.55. The molecule has 1 aromatic heterocycles. The van der Waals surface area contributed by atoms with Gasteiger partial charge in [-0.15, -0.1) is 0 Å². The van der Waals surface area contributed by atoms with E-state index in [0.717, 1.165) is 61.3 Å². The fourth-order valence-corrected chi connectivity index (χ4v) is 3.27. The van der Waals surface area contributed by atoms with Gasteiger partial charge in [0.2, 0.25) is 0 Å². The number of rotatable bonds is 8. The summed E-state index contributed by atoms with van der Waals surface area (Å²) in [4.78, 5) is 33.4. The van der Waals surface area contributed by atoms with E-state index in [0.29, 0.717) is 12.2 Å². The molecule has 0 bridgehead atoms. The summed E-state index contributed by atoms with van der Waals surface area (Å²) in [6, 6.07) is 13.8. The molecule has 2 aromatic rings. The number of benzene rings is 1. The summed E-state index contributed by atoms with van der Waals surface area (Å²) in [6.07, 6.45) is 3.81. The van der Waals surface area contributed by atoms with Crippen LogP contribution in [0.15, 0.2) is 66.0 Å². The Hall–Kier alpha value is -3.43. The molecule has 1 aliphatic rings. The van der Waals surface area contributed by atoms with Crippen LogP contribution in [0.1, 0.15) is 12.0 Å². The molecule has 2 N–H and O–H groups in total. The molecule has 3 rings (SSSR count). The summed E-state index contributed by atoms with van der Waals surface area (Å²) in [7, 11) is 1.58. The lowest BCUT2D eigenvalue weighted by atomic mass is 10.1. The van der Waals surface area contributed by atoms with E-state index in [-0.39, 0.29) is 0 Å². The lowest BCUT2D eigenvalue weighted by Gasteiger charge is -2.35. The van der Waals surface area contributed by atoms with Gasteiger partial charge in [-0.2, -0.15) is 0 Å². The van der Waals surface area contributed by atoms with Crippen molar-refractivity contribution < 1.29 is 24.6 Å². The molecule has 10 heteroatoms. The number of nitrogens with zero attached hydrogens (tertiary/aromatic N) is 4. The average molecular weight is 475 g/mol. The highest BCUT2D eigenvalue weighted by Crippen LogP contribution is 2.15. The zero-order valence-electron chi connectivity index (χ0n) is 18.3. The molecular formula is C23H27ClN4O5. The first-order valence-electron chi connectivity index (χ1n) is 10.3. The number of hydrogen-bond acceptors (Lipinski definition) is 7. The standard InChI is InChI=1S/C19H23ClN4O.C4H4O4/c1-25-22-18(16-5-7-17(20)8-6-16)9-11-23-12-14-24(15-13-23)19-4-2-3-10-21-19;5-3(6)1-2-4(7)8/h2-8,10H,9,11-15H2,1H3;1-2H,(H,5,6)(H,7,8). The summed E-state index contributed by atoms with van der Waals surface area (Å²) in [6.45, 7) is 5.00. The van der Waals surface area contributed by atoms with Crippen LogP contribution in [0.3, 0.4) is 0 Å². The highest BCUT2D eigenvalue weighted by molar-refractivity contribution is 6.30. The van der Waals surface area contributed by atoms with Gasteiger partial charge in [-0.25, -0.2) is 14.6 Å². The van der Waals surface area contributed by atoms with Gasteiger partial charge in [0.05, 0.1) is 5.71 Å². The third-order valence-electron chi connectivity index (χ3n) is 4.76. The fourth-order valence-electron chi connectivity index (χ4n) is 3.14. The topological polar surface area (TPSA) is 116 Å². The number of aromatic nitrogens is 1. The Morgan fingerprint density at radius 3 is 2.21 bits per heavy atom. The molecule has 1 aliphatic heterocycles. The highest BCUT2D eigenvalue weighted by Gasteiger charge is 2.18. The van der Waals surface area contributed by atoms with Gasteiger partial charge in [0.25, 0.3) is 0 Å². The smallest absolute Gasteiger partial charge is 0.328 e. The van der Waals surface area contributed by atoms with Crippen LogP contribution in [0.4, 0.5) is 5.82 Å². The van der Waals surface area contributed by atoms with Crippen LogP contribution in [0.25, 0.3) is 0 Å². The number of carboxylic acids is 2. The molecule has 0 aliphatic carbocycles. The summed E-state index contributed by atoms with van der Waals surface area (Å²) in [5.74, 6) is -1.45. The van der Waals surface area contributed by atoms with Crippen LogP contribution >= 0.6 is 11.6 Å². The molecule has 9 nitrogen and oxygen atoms in total. The van der Waals surface area contributed by atoms with Crippen LogP contribution < -0.4 is 4.90 Å². The second-order valence-corrected chi connectivity index (χ2v) is 7.44. The Labute approximate surface area is 197 Å². The number of anilines is 1. The normalized spacial score (nSPS) is 14.5. The van der Waals surface area contributed by atoms with E-state index in [4.69, 9.17) is 26.7 Å². The Kier molecular flexibility index (Phi) is 10.9. The quantitative estimate of drug-likeness (QED) is 0.341. The van der Waals surface area contributed by atoms with Gasteiger partial charge in [0.15, 0.2) is 0 Å². The molecule has 33 heavy (non-hydrogen) atoms. The minimum atomic E-state index is -1.26. The molecule has 0 unspecified atom stereocenters. The van der Waals surface area contributed by atoms with E-state index in [1.807, 2.05) is 42.6 Å². The lowest BCUT2D eigenvalue weighted by molar-refractivity contribution is -0.134. The molecule has 1 saturated heterocycles. The van der Waals surface area contributed by atoms with E-state index in [2.05, 4.69) is 26.0 Å². The van der Waals surface area contributed by atoms with Gasteiger partial charge in [-0.05, 0) is 29.8 Å². The molecule has 0 atom stereocenters. The first kappa shape index (κ1) is 25.8. The highest BCUT2D eigenvalue weighted by atomic mass is 35.5. The third kappa shape index (κ3) is 9.71. The van der Waals surface area contributed by atoms with Crippen molar-refractivity contribution in [1.29, 1.82) is 0 Å². The zero-order chi connectivity index (χ0) is 24.1. The average Bonchev–Trinajstić information content (AvgIpc) is 2.82. The van der Waals surface area contributed by atoms with Crippen LogP contribution in [0.5, 0.6) is 0 Å². The largest absolute Gasteiger partial charge is 0.478 e. The number of piperazine rings is 1. The SMILES string of the molecule is CON=C(CCN1CCN(c2ccccn2)CC1)c1ccc(Cl)cc1.O=C(O)C=CC(=O)O. The molecule has 176 valence electrons. The van der Waals surface area contributed by atoms with Crippen molar-refractivity contribution in [3.05, 3.63) is 71.4 Å². The van der Waals surface area contributed by atoms with Gasteiger partial charge in [0, 0.05) is 62.5 Å². The van der Waals surface area contributed by atoms with Gasteiger partial charge in [0.1, 0.15) is 12.9 Å². The number of carboxylic acid groups (broad SMARTS) is 2. The van der Waals surface area contributed by atoms with Crippen LogP contribution in [0, 0.1) is 0 Å². The van der Waals surface area contributed by atoms with Crippen molar-refractivity contribution in [1.82, 2.24) is 9.88 Å². The van der Waals surface area contributed by atoms with Crippen molar-refractivity contribution in [2.45, 2.75) is 6.42 Å². The predicted molar refractivity (Wildman–Crippen MR) is 127 cm³/mol. The van der Waals surface area contributed by atoms with Crippen LogP contribution in [0.2, 0.25) is 5.02 Å². The Morgan fingerprint density at radius 2 is 1.70 bits per heavy atom. The van der Waals surface area contributed by atoms with E-state index in [9.17, 15) is 9.59 Å². The number of hydrogen-bond donors (Lipinski definition) is 2. The first-order chi connectivity index (χ1) is 15.9. The maximum Gasteiger partial charge on any atom is 0.328 e. The predicted octanol–water partition coefficient (Wildman–Crippen LogP) is 3.01. The Morgan fingerprint density at radius 1 is 1.06 bits per heavy atom. The minimum absolute atomic E-state index is 0.558. The molecule has 1 aromatic carbocycles. The second-order valence-electron chi connectivity index (χ2n) is 7.00. The van der Waals surface area contributed by atoms with Gasteiger partial charge < -0.3 is 20.0 Å². The number of halogens is 1. The van der Waals surface area contributed by atoms with Crippen molar-refractivity contribution in [3.63, 3.8) is 0 Å². The number of oxime groups is 1. The molecule has 0 radical (unpaired) electrons. The van der Waals surface area contributed by atoms with Gasteiger partial charge in [-0.1, -0.05) is 35.0 Å². The fraction of sp³-hybridized carbons (Fsp3) is 0.304. The number of aliphatic carboxylic acids is 2. The van der Waals surface area contributed by atoms with Crippen molar-refractivity contribution in [3.8, 4) is 0 Å². The summed E-state index contributed by atoms with van der Waals surface area (Å²) < 4.78 is 0. The van der Waals surface area contributed by atoms with E-state index in [1.54, 1.807) is 7.11 Å². The maximum absolute atomic E-state index is 9.55. The molecule has 0 saturated carbocycles. The summed E-state index contributed by atoms with van der Waals surface area (Å²) in [5, 5.41) is 20.5. The third-order valence-corrected chi connectivity index (χ3v) is 5.01. The number of carbonyl (C=O) groups is 2. The van der Waals surface area contributed by atoms with E-state index >= 15 is 0 Å². The molecule has 0 spiro atoms. The van der Waals surface area contributed by atoms with Crippen LogP contribution in [-0.2, 0) is 14.4 Å². The summed E-state index contributed by atoms with van der Waals surface area (Å²) in [5.41, 5.74) is 2.00. The van der Waals surface area contributed by atoms with E-state index < -0.39 is 11.9 Å². The second kappa shape index (κ2) is 13.9. The zero-order valence-corrected chi connectivity index (χ0v) is 19.1.